The summed E-state index contributed by atoms with van der Waals surface area (Å²) in [7, 11) is 0. The Bertz CT molecular complexity index is 330. The van der Waals surface area contributed by atoms with Gasteiger partial charge < -0.3 is 9.90 Å². The number of hydrogen-bond donors (Lipinski definition) is 0. The molecule has 0 saturated carbocycles. The van der Waals surface area contributed by atoms with E-state index in [1.54, 1.807) is 0 Å². The van der Waals surface area contributed by atoms with Crippen LogP contribution in [0.15, 0.2) is 24.3 Å². The molecule has 146 valence electrons. The Labute approximate surface area is 174 Å². The summed E-state index contributed by atoms with van der Waals surface area (Å²) >= 11 is 0. The first-order valence-corrected chi connectivity index (χ1v) is 10.3. The number of carboxylic acid groups (broad SMARTS) is 1. The molecule has 0 aliphatic rings. The first-order valence-electron chi connectivity index (χ1n) is 10.3. The number of carboxylic acids is 1. The van der Waals surface area contributed by atoms with E-state index in [0.29, 0.717) is 0 Å². The number of allylic oxidation sites excluding steroid dienone is 4. The SMILES string of the molecule is C/C=C/CCCCCCCN(CCCCCCC/C=C/C)CC(=O)[O-].[Li+]. The maximum absolute atomic E-state index is 10.9. The fourth-order valence-electron chi connectivity index (χ4n) is 3.04. The van der Waals surface area contributed by atoms with Gasteiger partial charge in [-0.05, 0) is 65.5 Å². The molecule has 0 aromatic rings. The smallest absolute Gasteiger partial charge is 0.549 e. The van der Waals surface area contributed by atoms with Gasteiger partial charge in [0.05, 0.1) is 5.97 Å². The van der Waals surface area contributed by atoms with Crippen molar-refractivity contribution in [3.8, 4) is 0 Å². The molecule has 0 N–H and O–H groups in total. The fraction of sp³-hybridized carbons (Fsp3) is 0.773. The van der Waals surface area contributed by atoms with E-state index in [1.165, 1.54) is 64.2 Å². The Kier molecular flexibility index (Phi) is 24.0. The number of unbranched alkanes of at least 4 members (excludes halogenated alkanes) is 10. The molecule has 0 bridgehead atoms. The molecule has 0 spiro atoms. The number of aliphatic carboxylic acids is 1. The average Bonchev–Trinajstić information content (AvgIpc) is 2.58. The van der Waals surface area contributed by atoms with Crippen LogP contribution >= 0.6 is 0 Å². The zero-order valence-electron chi connectivity index (χ0n) is 17.7. The van der Waals surface area contributed by atoms with Crippen LogP contribution in [-0.2, 0) is 4.79 Å². The number of carbonyl (C=O) groups excluding carboxylic acids is 1. The molecule has 0 unspecified atom stereocenters. The summed E-state index contributed by atoms with van der Waals surface area (Å²) < 4.78 is 0. The first kappa shape index (κ1) is 27.7. The van der Waals surface area contributed by atoms with Crippen molar-refractivity contribution in [2.75, 3.05) is 19.6 Å². The predicted molar refractivity (Wildman–Crippen MR) is 106 cm³/mol. The van der Waals surface area contributed by atoms with Crippen molar-refractivity contribution in [2.24, 2.45) is 0 Å². The van der Waals surface area contributed by atoms with E-state index >= 15 is 0 Å². The monoisotopic (exact) mass is 357 g/mol. The standard InChI is InChI=1S/C22H41NO2.Li/c1-3-5-7-9-11-13-15-17-19-23(21-22(24)25)20-18-16-14-12-10-8-6-4-2;/h3-6H,7-21H2,1-2H3,(H,24,25);/q;+1/p-1/b5-3+,6-4+;. The molecule has 4 heteroatoms. The minimum Gasteiger partial charge on any atom is -0.549 e. The third kappa shape index (κ3) is 21.5. The van der Waals surface area contributed by atoms with E-state index in [2.05, 4.69) is 43.1 Å². The van der Waals surface area contributed by atoms with Crippen LogP contribution in [0.3, 0.4) is 0 Å². The summed E-state index contributed by atoms with van der Waals surface area (Å²) in [5.74, 6) is -0.947. The van der Waals surface area contributed by atoms with Crippen LogP contribution in [0.5, 0.6) is 0 Å². The number of rotatable bonds is 18. The second kappa shape index (κ2) is 22.5. The third-order valence-electron chi connectivity index (χ3n) is 4.51. The van der Waals surface area contributed by atoms with Gasteiger partial charge in [-0.25, -0.2) is 0 Å². The van der Waals surface area contributed by atoms with Crippen LogP contribution in [0.1, 0.15) is 90.9 Å². The molecule has 0 aliphatic carbocycles. The molecule has 0 saturated heterocycles. The van der Waals surface area contributed by atoms with Gasteiger partial charge in [0.1, 0.15) is 0 Å². The molecular formula is C22H40LiNO2. The predicted octanol–water partition coefficient (Wildman–Crippen LogP) is 1.88. The third-order valence-corrected chi connectivity index (χ3v) is 4.51. The molecule has 3 nitrogen and oxygen atoms in total. The maximum atomic E-state index is 10.9. The Hall–Kier alpha value is -0.493. The summed E-state index contributed by atoms with van der Waals surface area (Å²) in [4.78, 5) is 13.0. The van der Waals surface area contributed by atoms with Crippen molar-refractivity contribution in [3.05, 3.63) is 24.3 Å². The van der Waals surface area contributed by atoms with E-state index in [0.717, 1.165) is 25.9 Å². The van der Waals surface area contributed by atoms with E-state index < -0.39 is 5.97 Å². The number of nitrogens with zero attached hydrogens (tertiary/aromatic N) is 1. The maximum Gasteiger partial charge on any atom is 1.00 e. The quantitative estimate of drug-likeness (QED) is 0.214. The summed E-state index contributed by atoms with van der Waals surface area (Å²) in [6, 6.07) is 0. The van der Waals surface area contributed by atoms with E-state index in [9.17, 15) is 9.90 Å². The molecule has 0 aromatic carbocycles. The summed E-state index contributed by atoms with van der Waals surface area (Å²) in [6.07, 6.45) is 23.2. The second-order valence-corrected chi connectivity index (χ2v) is 6.90. The van der Waals surface area contributed by atoms with E-state index in [-0.39, 0.29) is 25.4 Å². The van der Waals surface area contributed by atoms with Crippen LogP contribution in [0.25, 0.3) is 0 Å². The Morgan fingerprint density at radius 1 is 0.731 bits per heavy atom. The van der Waals surface area contributed by atoms with Crippen molar-refractivity contribution in [1.29, 1.82) is 0 Å². The van der Waals surface area contributed by atoms with Gasteiger partial charge in [-0.1, -0.05) is 62.8 Å². The number of hydrogen-bond acceptors (Lipinski definition) is 3. The Morgan fingerprint density at radius 3 is 1.50 bits per heavy atom. The van der Waals surface area contributed by atoms with E-state index in [1.807, 2.05) is 0 Å². The minimum absolute atomic E-state index is 0. The fourth-order valence-corrected chi connectivity index (χ4v) is 3.04. The van der Waals surface area contributed by atoms with Gasteiger partial charge in [-0.3, -0.25) is 4.90 Å². The molecule has 26 heavy (non-hydrogen) atoms. The molecule has 0 radical (unpaired) electrons. The van der Waals surface area contributed by atoms with Gasteiger partial charge in [0.2, 0.25) is 0 Å². The van der Waals surface area contributed by atoms with Crippen molar-refractivity contribution < 1.29 is 28.8 Å². The van der Waals surface area contributed by atoms with Crippen LogP contribution in [0, 0.1) is 0 Å². The molecule has 0 amide bonds. The zero-order chi connectivity index (χ0) is 18.6. The van der Waals surface area contributed by atoms with Gasteiger partial charge in [-0.15, -0.1) is 0 Å². The molecule has 0 fully saturated rings. The first-order chi connectivity index (χ1) is 12.2. The number of carbonyl (C=O) groups is 1. The largest absolute Gasteiger partial charge is 1.00 e. The van der Waals surface area contributed by atoms with Crippen LogP contribution in [0.4, 0.5) is 0 Å². The van der Waals surface area contributed by atoms with Gasteiger partial charge in [0, 0.05) is 6.54 Å². The molecule has 0 rings (SSSR count). The topological polar surface area (TPSA) is 43.4 Å². The van der Waals surface area contributed by atoms with E-state index in [4.69, 9.17) is 0 Å². The average molecular weight is 358 g/mol. The van der Waals surface area contributed by atoms with Crippen LogP contribution in [-0.4, -0.2) is 30.5 Å². The van der Waals surface area contributed by atoms with Crippen molar-refractivity contribution >= 4 is 5.97 Å². The van der Waals surface area contributed by atoms with Crippen molar-refractivity contribution in [2.45, 2.75) is 90.9 Å². The van der Waals surface area contributed by atoms with Gasteiger partial charge in [-0.2, -0.15) is 0 Å². The van der Waals surface area contributed by atoms with Crippen molar-refractivity contribution in [3.63, 3.8) is 0 Å². The molecule has 0 atom stereocenters. The summed E-state index contributed by atoms with van der Waals surface area (Å²) in [5.41, 5.74) is 0. The van der Waals surface area contributed by atoms with Gasteiger partial charge >= 0.3 is 18.9 Å². The van der Waals surface area contributed by atoms with Gasteiger partial charge in [0.15, 0.2) is 0 Å². The van der Waals surface area contributed by atoms with Crippen LogP contribution in [0.2, 0.25) is 0 Å². The molecule has 0 aromatic heterocycles. The zero-order valence-corrected chi connectivity index (χ0v) is 17.7. The Balaban J connectivity index is 0. The minimum atomic E-state index is -0.947. The molecule has 0 heterocycles. The second-order valence-electron chi connectivity index (χ2n) is 6.90. The molecular weight excluding hydrogens is 317 g/mol. The van der Waals surface area contributed by atoms with Crippen molar-refractivity contribution in [1.82, 2.24) is 4.90 Å². The van der Waals surface area contributed by atoms with Crippen LogP contribution < -0.4 is 24.0 Å². The summed E-state index contributed by atoms with van der Waals surface area (Å²) in [5, 5.41) is 10.9. The molecule has 0 aliphatic heterocycles. The Morgan fingerprint density at radius 2 is 1.12 bits per heavy atom. The van der Waals surface area contributed by atoms with Gasteiger partial charge in [0.25, 0.3) is 0 Å². The normalized spacial score (nSPS) is 11.5. The summed E-state index contributed by atoms with van der Waals surface area (Å²) in [6.45, 7) is 6.00.